The number of amides is 4. The van der Waals surface area contributed by atoms with Crippen LogP contribution < -0.4 is 0 Å². The van der Waals surface area contributed by atoms with Gasteiger partial charge < -0.3 is 9.47 Å². The van der Waals surface area contributed by atoms with Crippen molar-refractivity contribution in [3.05, 3.63) is 11.1 Å². The van der Waals surface area contributed by atoms with Crippen LogP contribution in [0.4, 0.5) is 0 Å². The van der Waals surface area contributed by atoms with Crippen molar-refractivity contribution in [3.8, 4) is 0 Å². The smallest absolute Gasteiger partial charge is 0.234 e. The summed E-state index contributed by atoms with van der Waals surface area (Å²) in [6.07, 6.45) is 4.24. The molecule has 0 aromatic heterocycles. The first-order chi connectivity index (χ1) is 20.4. The SMILES string of the molecule is CC1=C2CCCC(C)C23C2C(=O)N(CCCN4CCOCC4)C(=O)C2C1C1C(=O)N(CCCN2CCOCC2)C(=O)C13. The molecule has 4 saturated heterocycles. The van der Waals surface area contributed by atoms with E-state index in [-0.39, 0.29) is 35.5 Å². The molecule has 2 bridgehead atoms. The fraction of sp³-hybridized carbons (Fsp3) is 0.812. The second-order valence-corrected chi connectivity index (χ2v) is 13.7. The minimum absolute atomic E-state index is 0.0625. The summed E-state index contributed by atoms with van der Waals surface area (Å²) in [4.78, 5) is 64.7. The average molecular weight is 583 g/mol. The van der Waals surface area contributed by atoms with Gasteiger partial charge in [-0.25, -0.2) is 0 Å². The first kappa shape index (κ1) is 28.6. The van der Waals surface area contributed by atoms with E-state index in [0.717, 1.165) is 103 Å². The number of ether oxygens (including phenoxy) is 2. The Morgan fingerprint density at radius 2 is 1.17 bits per heavy atom. The van der Waals surface area contributed by atoms with Crippen molar-refractivity contribution in [1.82, 2.24) is 19.6 Å². The molecule has 5 unspecified atom stereocenters. The number of rotatable bonds is 8. The highest BCUT2D eigenvalue weighted by atomic mass is 16.5. The van der Waals surface area contributed by atoms with Gasteiger partial charge in [-0.05, 0) is 44.9 Å². The predicted octanol–water partition coefficient (Wildman–Crippen LogP) is 1.40. The second-order valence-electron chi connectivity index (χ2n) is 13.7. The summed E-state index contributed by atoms with van der Waals surface area (Å²) in [5.74, 6) is -2.84. The highest BCUT2D eigenvalue weighted by Gasteiger charge is 2.78. The summed E-state index contributed by atoms with van der Waals surface area (Å²) in [7, 11) is 0. The molecule has 4 amide bonds. The Hall–Kier alpha value is -2.14. The van der Waals surface area contributed by atoms with Crippen molar-refractivity contribution >= 4 is 23.6 Å². The number of allylic oxidation sites excluding steroid dienone is 2. The van der Waals surface area contributed by atoms with E-state index in [0.29, 0.717) is 13.1 Å². The highest BCUT2D eigenvalue weighted by molar-refractivity contribution is 6.12. The van der Waals surface area contributed by atoms with E-state index in [9.17, 15) is 19.2 Å². The average Bonchev–Trinajstić information content (AvgIpc) is 3.41. The van der Waals surface area contributed by atoms with E-state index in [1.165, 1.54) is 15.4 Å². The first-order valence-electron chi connectivity index (χ1n) is 16.4. The molecule has 2 saturated carbocycles. The summed E-state index contributed by atoms with van der Waals surface area (Å²) in [6, 6.07) is 0. The lowest BCUT2D eigenvalue weighted by atomic mass is 9.37. The predicted molar refractivity (Wildman–Crippen MR) is 153 cm³/mol. The van der Waals surface area contributed by atoms with Crippen LogP contribution in [-0.4, -0.2) is 122 Å². The van der Waals surface area contributed by atoms with Gasteiger partial charge in [-0.3, -0.25) is 38.8 Å². The molecular weight excluding hydrogens is 536 g/mol. The van der Waals surface area contributed by atoms with Crippen LogP contribution in [0.25, 0.3) is 0 Å². The summed E-state index contributed by atoms with van der Waals surface area (Å²) in [5, 5.41) is 0. The molecule has 10 nitrogen and oxygen atoms in total. The van der Waals surface area contributed by atoms with Crippen LogP contribution in [0.3, 0.4) is 0 Å². The molecule has 0 aromatic rings. The summed E-state index contributed by atoms with van der Waals surface area (Å²) in [5.41, 5.74) is 1.61. The van der Waals surface area contributed by atoms with Crippen LogP contribution in [-0.2, 0) is 28.7 Å². The molecule has 5 atom stereocenters. The Morgan fingerprint density at radius 1 is 0.690 bits per heavy atom. The molecular formula is C32H46N4O6. The molecule has 4 aliphatic carbocycles. The molecule has 230 valence electrons. The number of imide groups is 2. The Morgan fingerprint density at radius 3 is 1.64 bits per heavy atom. The van der Waals surface area contributed by atoms with Crippen LogP contribution in [0.1, 0.15) is 46.0 Å². The monoisotopic (exact) mass is 582 g/mol. The normalized spacial score (nSPS) is 38.9. The Labute approximate surface area is 248 Å². The van der Waals surface area contributed by atoms with Gasteiger partial charge in [0.2, 0.25) is 23.6 Å². The van der Waals surface area contributed by atoms with E-state index in [1.807, 2.05) is 0 Å². The van der Waals surface area contributed by atoms with Gasteiger partial charge in [0, 0.05) is 63.7 Å². The molecule has 0 aromatic carbocycles. The van der Waals surface area contributed by atoms with E-state index in [1.54, 1.807) is 0 Å². The first-order valence-corrected chi connectivity index (χ1v) is 16.4. The maximum absolute atomic E-state index is 14.4. The van der Waals surface area contributed by atoms with Gasteiger partial charge in [0.15, 0.2) is 0 Å². The summed E-state index contributed by atoms with van der Waals surface area (Å²) in [6.45, 7) is 13.1. The Bertz CT molecular complexity index is 1110. The zero-order valence-electron chi connectivity index (χ0n) is 25.2. The number of hydrogen-bond donors (Lipinski definition) is 0. The minimum Gasteiger partial charge on any atom is -0.379 e. The lowest BCUT2D eigenvalue weighted by Gasteiger charge is -2.62. The molecule has 0 radical (unpaired) electrons. The number of hydrogen-bond acceptors (Lipinski definition) is 8. The second kappa shape index (κ2) is 11.1. The number of carbonyl (C=O) groups excluding carboxylic acids is 4. The fourth-order valence-electron chi connectivity index (χ4n) is 10.2. The highest BCUT2D eigenvalue weighted by Crippen LogP contribution is 2.73. The lowest BCUT2D eigenvalue weighted by molar-refractivity contribution is -0.159. The molecule has 1 spiro atoms. The zero-order valence-corrected chi connectivity index (χ0v) is 25.2. The number of morpholine rings is 2. The summed E-state index contributed by atoms with van der Waals surface area (Å²) < 4.78 is 10.9. The molecule has 4 aliphatic heterocycles. The molecule has 8 aliphatic rings. The van der Waals surface area contributed by atoms with Gasteiger partial charge in [-0.15, -0.1) is 0 Å². The fourth-order valence-corrected chi connectivity index (χ4v) is 10.2. The molecule has 8 rings (SSSR count). The van der Waals surface area contributed by atoms with Gasteiger partial charge >= 0.3 is 0 Å². The van der Waals surface area contributed by atoms with E-state index in [2.05, 4.69) is 23.6 Å². The van der Waals surface area contributed by atoms with Crippen molar-refractivity contribution < 1.29 is 28.7 Å². The Kier molecular flexibility index (Phi) is 7.56. The van der Waals surface area contributed by atoms with Crippen LogP contribution >= 0.6 is 0 Å². The van der Waals surface area contributed by atoms with Gasteiger partial charge in [0.1, 0.15) is 0 Å². The maximum atomic E-state index is 14.4. The quantitative estimate of drug-likeness (QED) is 0.313. The van der Waals surface area contributed by atoms with Crippen molar-refractivity contribution in [2.75, 3.05) is 78.8 Å². The van der Waals surface area contributed by atoms with E-state index >= 15 is 0 Å². The van der Waals surface area contributed by atoms with E-state index in [4.69, 9.17) is 9.47 Å². The largest absolute Gasteiger partial charge is 0.379 e. The number of carbonyl (C=O) groups is 4. The molecule has 4 heterocycles. The van der Waals surface area contributed by atoms with E-state index < -0.39 is 29.1 Å². The molecule has 0 N–H and O–H groups in total. The standard InChI is InChI=1S/C32H46N4O6/c1-20-6-3-7-22-21(2)23-24-26(30(39)35(28(24)37)10-4-8-33-12-16-41-17-13-33)32(20,22)27-25(23)29(38)36(31(27)40)11-5-9-34-14-18-42-19-15-34/h20,23-27H,3-19H2,1-2H3. The van der Waals surface area contributed by atoms with Crippen molar-refractivity contribution in [2.24, 2.45) is 40.9 Å². The van der Waals surface area contributed by atoms with Crippen molar-refractivity contribution in [1.29, 1.82) is 0 Å². The van der Waals surface area contributed by atoms with Gasteiger partial charge in [-0.1, -0.05) is 18.1 Å². The molecule has 10 heteroatoms. The third-order valence-corrected chi connectivity index (χ3v) is 12.0. The zero-order chi connectivity index (χ0) is 29.2. The van der Waals surface area contributed by atoms with Gasteiger partial charge in [-0.2, -0.15) is 0 Å². The molecule has 42 heavy (non-hydrogen) atoms. The summed E-state index contributed by atoms with van der Waals surface area (Å²) >= 11 is 0. The third kappa shape index (κ3) is 4.11. The maximum Gasteiger partial charge on any atom is 0.234 e. The van der Waals surface area contributed by atoms with Crippen LogP contribution in [0.2, 0.25) is 0 Å². The van der Waals surface area contributed by atoms with Crippen molar-refractivity contribution in [3.63, 3.8) is 0 Å². The lowest BCUT2D eigenvalue weighted by Crippen LogP contribution is -2.64. The van der Waals surface area contributed by atoms with Crippen molar-refractivity contribution in [2.45, 2.75) is 46.0 Å². The Balaban J connectivity index is 1.16. The van der Waals surface area contributed by atoms with Crippen LogP contribution in [0, 0.1) is 40.9 Å². The topological polar surface area (TPSA) is 99.7 Å². The van der Waals surface area contributed by atoms with Gasteiger partial charge in [0.25, 0.3) is 0 Å². The van der Waals surface area contributed by atoms with Gasteiger partial charge in [0.05, 0.1) is 50.1 Å². The third-order valence-electron chi connectivity index (χ3n) is 12.0. The molecule has 6 fully saturated rings. The number of likely N-dealkylation sites (tertiary alicyclic amines) is 2. The number of nitrogens with zero attached hydrogens (tertiary/aromatic N) is 4. The minimum atomic E-state index is -0.732. The van der Waals surface area contributed by atoms with Crippen LogP contribution in [0.5, 0.6) is 0 Å². The van der Waals surface area contributed by atoms with Crippen LogP contribution in [0.15, 0.2) is 11.1 Å².